The molecule has 1 aromatic rings. The highest BCUT2D eigenvalue weighted by Crippen LogP contribution is 2.19. The molecule has 0 saturated carbocycles. The summed E-state index contributed by atoms with van der Waals surface area (Å²) in [6.45, 7) is 3.87. The van der Waals surface area contributed by atoms with Crippen molar-refractivity contribution >= 4 is 11.6 Å². The summed E-state index contributed by atoms with van der Waals surface area (Å²) in [5.41, 5.74) is 0.895. The first-order valence-electron chi connectivity index (χ1n) is 3.37. The molecule has 0 aliphatic heterocycles. The molecule has 0 aliphatic carbocycles. The fourth-order valence-corrected chi connectivity index (χ4v) is 0.925. The molecule has 0 amide bonds. The van der Waals surface area contributed by atoms with Crippen LogP contribution in [0.3, 0.4) is 0 Å². The molecule has 0 nitrogen and oxygen atoms in total. The van der Waals surface area contributed by atoms with Gasteiger partial charge >= 0.3 is 0 Å². The van der Waals surface area contributed by atoms with Gasteiger partial charge in [0, 0.05) is 0 Å². The van der Waals surface area contributed by atoms with Crippen molar-refractivity contribution in [2.75, 3.05) is 0 Å². The zero-order chi connectivity index (χ0) is 8.43. The van der Waals surface area contributed by atoms with E-state index in [9.17, 15) is 4.39 Å². The first-order valence-corrected chi connectivity index (χ1v) is 3.74. The Labute approximate surface area is 71.0 Å². The lowest BCUT2D eigenvalue weighted by molar-refractivity contribution is 0.626. The minimum Gasteiger partial charge on any atom is -0.205 e. The minimum absolute atomic E-state index is 0.176. The summed E-state index contributed by atoms with van der Waals surface area (Å²) in [5.74, 6) is 0.728. The number of hydrogen-bond acceptors (Lipinski definition) is 0. The summed E-state index contributed by atoms with van der Waals surface area (Å²) in [6, 6.07) is 4.82. The van der Waals surface area contributed by atoms with Crippen LogP contribution in [0.4, 0.5) is 4.39 Å². The lowest BCUT2D eigenvalue weighted by Gasteiger charge is -2.04. The van der Waals surface area contributed by atoms with Crippen molar-refractivity contribution in [1.29, 1.82) is 0 Å². The van der Waals surface area contributed by atoms with Crippen molar-refractivity contribution in [3.8, 4) is 0 Å². The van der Waals surface area contributed by atoms with Gasteiger partial charge in [-0.1, -0.05) is 31.5 Å². The molecule has 0 saturated heterocycles. The fraction of sp³-hybridized carbons (Fsp3) is 0.222. The largest absolute Gasteiger partial charge is 0.205 e. The highest BCUT2D eigenvalue weighted by molar-refractivity contribution is 6.30. The van der Waals surface area contributed by atoms with E-state index in [4.69, 9.17) is 11.6 Å². The number of benzene rings is 1. The van der Waals surface area contributed by atoms with Crippen molar-refractivity contribution in [3.05, 3.63) is 40.5 Å². The van der Waals surface area contributed by atoms with E-state index >= 15 is 0 Å². The Morgan fingerprint density at radius 2 is 2.00 bits per heavy atom. The van der Waals surface area contributed by atoms with Gasteiger partial charge in [0.2, 0.25) is 0 Å². The molecule has 0 atom stereocenters. The molecule has 1 rings (SSSR count). The Bertz CT molecular complexity index is 256. The Kier molecular flexibility index (Phi) is 2.50. The first kappa shape index (κ1) is 8.54. The van der Waals surface area contributed by atoms with E-state index in [0.29, 0.717) is 0 Å². The third-order valence-corrected chi connectivity index (χ3v) is 1.80. The predicted molar refractivity (Wildman–Crippen MR) is 45.1 cm³/mol. The van der Waals surface area contributed by atoms with Gasteiger partial charge in [0.25, 0.3) is 0 Å². The Morgan fingerprint density at radius 3 is 2.45 bits per heavy atom. The van der Waals surface area contributed by atoms with Crippen LogP contribution in [0.25, 0.3) is 0 Å². The molecule has 0 heterocycles. The van der Waals surface area contributed by atoms with Crippen LogP contribution in [0.1, 0.15) is 19.4 Å². The molecule has 59 valence electrons. The Morgan fingerprint density at radius 1 is 1.36 bits per heavy atom. The van der Waals surface area contributed by atoms with Crippen LogP contribution in [-0.2, 0) is 0 Å². The first-order chi connectivity index (χ1) is 5.11. The van der Waals surface area contributed by atoms with Crippen LogP contribution in [-0.4, -0.2) is 0 Å². The summed E-state index contributed by atoms with van der Waals surface area (Å²) in [6.07, 6.45) is 0. The maximum atomic E-state index is 12.8. The lowest BCUT2D eigenvalue weighted by Crippen LogP contribution is -1.89. The molecule has 0 unspecified atom stereocenters. The van der Waals surface area contributed by atoms with Crippen molar-refractivity contribution in [3.63, 3.8) is 0 Å². The second-order valence-electron chi connectivity index (χ2n) is 2.63. The highest BCUT2D eigenvalue weighted by Gasteiger charge is 2.03. The molecule has 2 heteroatoms. The van der Waals surface area contributed by atoms with Crippen molar-refractivity contribution in [2.45, 2.75) is 13.8 Å². The van der Waals surface area contributed by atoms with Gasteiger partial charge in [0.05, 0.1) is 5.02 Å². The van der Waals surface area contributed by atoms with E-state index in [2.05, 4.69) is 0 Å². The van der Waals surface area contributed by atoms with Crippen LogP contribution in [0.5, 0.6) is 0 Å². The van der Waals surface area contributed by atoms with Gasteiger partial charge in [-0.05, 0) is 23.6 Å². The van der Waals surface area contributed by atoms with Gasteiger partial charge in [-0.2, -0.15) is 0 Å². The molecular formula is C9H9ClF. The zero-order valence-corrected chi connectivity index (χ0v) is 7.24. The van der Waals surface area contributed by atoms with Crippen molar-refractivity contribution in [1.82, 2.24) is 0 Å². The average molecular weight is 172 g/mol. The minimum atomic E-state index is -0.356. The molecule has 11 heavy (non-hydrogen) atoms. The van der Waals surface area contributed by atoms with Crippen molar-refractivity contribution < 1.29 is 4.39 Å². The summed E-state index contributed by atoms with van der Waals surface area (Å²) in [7, 11) is 0. The van der Waals surface area contributed by atoms with Gasteiger partial charge in [-0.3, -0.25) is 0 Å². The molecule has 0 spiro atoms. The maximum Gasteiger partial charge on any atom is 0.142 e. The Hall–Kier alpha value is -0.560. The summed E-state index contributed by atoms with van der Waals surface area (Å²) in [5, 5.41) is 0.176. The van der Waals surface area contributed by atoms with Gasteiger partial charge < -0.3 is 0 Å². The van der Waals surface area contributed by atoms with E-state index in [1.54, 1.807) is 12.1 Å². The maximum absolute atomic E-state index is 12.8. The summed E-state index contributed by atoms with van der Waals surface area (Å²) < 4.78 is 12.8. The summed E-state index contributed by atoms with van der Waals surface area (Å²) >= 11 is 5.50. The van der Waals surface area contributed by atoms with E-state index in [-0.39, 0.29) is 10.8 Å². The third kappa shape index (κ3) is 1.93. The topological polar surface area (TPSA) is 0 Å². The standard InChI is InChI=1S/C9H9ClF/c1-6(2)7-3-4-8(10)9(11)5-7/h3-5H,1-2H3. The second-order valence-corrected chi connectivity index (χ2v) is 3.04. The van der Waals surface area contributed by atoms with Gasteiger partial charge in [-0.15, -0.1) is 0 Å². The average Bonchev–Trinajstić information content (AvgIpc) is 1.94. The normalized spacial score (nSPS) is 10.6. The lowest BCUT2D eigenvalue weighted by atomic mass is 10.0. The van der Waals surface area contributed by atoms with Crippen LogP contribution in [0.2, 0.25) is 5.02 Å². The number of hydrogen-bond donors (Lipinski definition) is 0. The number of rotatable bonds is 1. The van der Waals surface area contributed by atoms with Crippen LogP contribution in [0, 0.1) is 11.7 Å². The molecular weight excluding hydrogens is 163 g/mol. The molecule has 1 radical (unpaired) electrons. The van der Waals surface area contributed by atoms with Crippen LogP contribution in [0.15, 0.2) is 18.2 Å². The zero-order valence-electron chi connectivity index (χ0n) is 6.49. The highest BCUT2D eigenvalue weighted by atomic mass is 35.5. The van der Waals surface area contributed by atoms with Gasteiger partial charge in [-0.25, -0.2) is 4.39 Å². The monoisotopic (exact) mass is 171 g/mol. The van der Waals surface area contributed by atoms with Crippen LogP contribution >= 0.6 is 11.6 Å². The van der Waals surface area contributed by atoms with Crippen molar-refractivity contribution in [2.24, 2.45) is 0 Å². The smallest absolute Gasteiger partial charge is 0.142 e. The molecule has 0 N–H and O–H groups in total. The molecule has 0 fully saturated rings. The van der Waals surface area contributed by atoms with Gasteiger partial charge in [0.15, 0.2) is 0 Å². The molecule has 1 aromatic carbocycles. The number of halogens is 2. The quantitative estimate of drug-likeness (QED) is 0.607. The SMILES string of the molecule is C[C](C)c1ccc(Cl)c(F)c1. The fourth-order valence-electron chi connectivity index (χ4n) is 0.807. The Balaban J connectivity index is 3.05. The molecule has 0 aliphatic rings. The predicted octanol–water partition coefficient (Wildman–Crippen LogP) is 3.44. The summed E-state index contributed by atoms with van der Waals surface area (Å²) in [4.78, 5) is 0. The molecule has 0 aromatic heterocycles. The van der Waals surface area contributed by atoms with Gasteiger partial charge in [0.1, 0.15) is 5.82 Å². The molecule has 0 bridgehead atoms. The van der Waals surface area contributed by atoms with E-state index in [1.807, 2.05) is 13.8 Å². The third-order valence-electron chi connectivity index (χ3n) is 1.50. The second kappa shape index (κ2) is 3.22. The van der Waals surface area contributed by atoms with Crippen LogP contribution < -0.4 is 0 Å². The van der Waals surface area contributed by atoms with E-state index in [0.717, 1.165) is 11.5 Å². The van der Waals surface area contributed by atoms with E-state index < -0.39 is 0 Å². The van der Waals surface area contributed by atoms with E-state index in [1.165, 1.54) is 6.07 Å².